The maximum atomic E-state index is 12.9. The second-order valence-corrected chi connectivity index (χ2v) is 5.66. The molecule has 0 aliphatic heterocycles. The molecule has 0 saturated carbocycles. The van der Waals surface area contributed by atoms with Crippen molar-refractivity contribution in [2.24, 2.45) is 0 Å². The lowest BCUT2D eigenvalue weighted by atomic mass is 10.2. The number of nitrogens with zero attached hydrogens (tertiary/aromatic N) is 4. The maximum absolute atomic E-state index is 12.9. The first kappa shape index (κ1) is 17.3. The summed E-state index contributed by atoms with van der Waals surface area (Å²) in [6.07, 6.45) is 3.00. The Kier molecular flexibility index (Phi) is 4.78. The smallest absolute Gasteiger partial charge is 0.354 e. The van der Waals surface area contributed by atoms with Gasteiger partial charge in [0.25, 0.3) is 0 Å². The van der Waals surface area contributed by atoms with E-state index in [1.165, 1.54) is 24.4 Å². The van der Waals surface area contributed by atoms with E-state index in [1.54, 1.807) is 36.0 Å². The van der Waals surface area contributed by atoms with Crippen molar-refractivity contribution in [3.63, 3.8) is 0 Å². The molecule has 2 aromatic heterocycles. The zero-order valence-corrected chi connectivity index (χ0v) is 13.8. The van der Waals surface area contributed by atoms with Crippen LogP contribution in [0.25, 0.3) is 0 Å². The highest BCUT2D eigenvalue weighted by Gasteiger charge is 2.22. The Morgan fingerprint density at radius 3 is 2.65 bits per heavy atom. The molecule has 9 heteroatoms. The molecule has 0 saturated heterocycles. The van der Waals surface area contributed by atoms with Gasteiger partial charge in [0.05, 0.1) is 6.54 Å². The van der Waals surface area contributed by atoms with Gasteiger partial charge in [-0.05, 0) is 30.7 Å². The van der Waals surface area contributed by atoms with Crippen molar-refractivity contribution in [2.45, 2.75) is 19.5 Å². The second kappa shape index (κ2) is 7.18. The van der Waals surface area contributed by atoms with Crippen LogP contribution in [0.1, 0.15) is 29.0 Å². The van der Waals surface area contributed by atoms with E-state index in [2.05, 4.69) is 15.5 Å². The predicted octanol–water partition coefficient (Wildman–Crippen LogP) is 2.16. The molecule has 0 fully saturated rings. The van der Waals surface area contributed by atoms with E-state index in [0.717, 1.165) is 10.2 Å². The number of benzene rings is 1. The molecule has 3 aromatic rings. The minimum Gasteiger partial charge on any atom is -0.477 e. The summed E-state index contributed by atoms with van der Waals surface area (Å²) in [6.45, 7) is 1.97. The van der Waals surface area contributed by atoms with Gasteiger partial charge in [0.2, 0.25) is 5.91 Å². The van der Waals surface area contributed by atoms with Crippen molar-refractivity contribution in [1.82, 2.24) is 19.6 Å². The molecule has 1 amide bonds. The molecular weight excluding hydrogens is 341 g/mol. The molecule has 26 heavy (non-hydrogen) atoms. The van der Waals surface area contributed by atoms with Gasteiger partial charge in [-0.15, -0.1) is 0 Å². The lowest BCUT2D eigenvalue weighted by Crippen LogP contribution is -2.27. The number of carbonyl (C=O) groups is 2. The number of hydrogen-bond acceptors (Lipinski definition) is 4. The molecule has 2 N–H and O–H groups in total. The number of aromatic nitrogens is 4. The number of hydrogen-bond donors (Lipinski definition) is 2. The number of carboxylic acids is 1. The number of halogens is 1. The summed E-state index contributed by atoms with van der Waals surface area (Å²) in [6, 6.07) is 8.17. The first-order valence-corrected chi connectivity index (χ1v) is 7.79. The highest BCUT2D eigenvalue weighted by atomic mass is 19.1. The Hall–Kier alpha value is -3.49. The Bertz CT molecular complexity index is 932. The summed E-state index contributed by atoms with van der Waals surface area (Å²) in [5.41, 5.74) is 0.790. The van der Waals surface area contributed by atoms with Gasteiger partial charge in [0, 0.05) is 18.5 Å². The summed E-state index contributed by atoms with van der Waals surface area (Å²) in [7, 11) is 0. The molecule has 0 spiro atoms. The van der Waals surface area contributed by atoms with Crippen LogP contribution in [0.15, 0.2) is 48.8 Å². The van der Waals surface area contributed by atoms with Crippen molar-refractivity contribution in [3.05, 3.63) is 65.9 Å². The molecular formula is C17H16FN5O3. The Labute approximate surface area is 147 Å². The van der Waals surface area contributed by atoms with Gasteiger partial charge in [-0.3, -0.25) is 9.48 Å². The highest BCUT2D eigenvalue weighted by molar-refractivity contribution is 5.93. The molecule has 3 rings (SSSR count). The average Bonchev–Trinajstić information content (AvgIpc) is 3.25. The molecule has 1 atom stereocenters. The minimum absolute atomic E-state index is 0.0745. The number of aromatic carboxylic acids is 1. The number of rotatable bonds is 6. The minimum atomic E-state index is -1.16. The van der Waals surface area contributed by atoms with Gasteiger partial charge in [-0.1, -0.05) is 12.1 Å². The zero-order valence-electron chi connectivity index (χ0n) is 13.8. The SMILES string of the molecule is CC(C(=O)Nc1ccn(Cc2ccc(F)cc2)n1)n1nccc1C(=O)O. The highest BCUT2D eigenvalue weighted by Crippen LogP contribution is 2.13. The van der Waals surface area contributed by atoms with E-state index >= 15 is 0 Å². The molecule has 0 bridgehead atoms. The van der Waals surface area contributed by atoms with Crippen LogP contribution >= 0.6 is 0 Å². The number of carboxylic acid groups (broad SMARTS) is 1. The third kappa shape index (κ3) is 3.77. The Morgan fingerprint density at radius 2 is 1.96 bits per heavy atom. The van der Waals surface area contributed by atoms with Crippen LogP contribution in [0, 0.1) is 5.82 Å². The third-order valence-corrected chi connectivity index (χ3v) is 3.79. The van der Waals surface area contributed by atoms with Gasteiger partial charge in [0.15, 0.2) is 5.82 Å². The molecule has 2 heterocycles. The largest absolute Gasteiger partial charge is 0.477 e. The molecule has 1 aromatic carbocycles. The summed E-state index contributed by atoms with van der Waals surface area (Å²) in [5, 5.41) is 19.9. The average molecular weight is 357 g/mol. The fraction of sp³-hybridized carbons (Fsp3) is 0.176. The normalized spacial score (nSPS) is 11.9. The van der Waals surface area contributed by atoms with Gasteiger partial charge >= 0.3 is 5.97 Å². The van der Waals surface area contributed by atoms with Crippen LogP contribution in [0.3, 0.4) is 0 Å². The number of amides is 1. The first-order valence-electron chi connectivity index (χ1n) is 7.79. The van der Waals surface area contributed by atoms with E-state index in [0.29, 0.717) is 12.4 Å². The summed E-state index contributed by atoms with van der Waals surface area (Å²) in [5.74, 6) is -1.59. The van der Waals surface area contributed by atoms with Crippen molar-refractivity contribution in [1.29, 1.82) is 0 Å². The van der Waals surface area contributed by atoms with Gasteiger partial charge in [-0.2, -0.15) is 10.2 Å². The molecule has 134 valence electrons. The molecule has 8 nitrogen and oxygen atoms in total. The zero-order chi connectivity index (χ0) is 18.7. The van der Waals surface area contributed by atoms with E-state index in [4.69, 9.17) is 5.11 Å². The van der Waals surface area contributed by atoms with Crippen LogP contribution < -0.4 is 5.32 Å². The fourth-order valence-corrected chi connectivity index (χ4v) is 2.43. The molecule has 1 unspecified atom stereocenters. The van der Waals surface area contributed by atoms with E-state index in [-0.39, 0.29) is 11.5 Å². The Balaban J connectivity index is 1.66. The standard InChI is InChI=1S/C17H16FN5O3/c1-11(23-14(17(25)26)6-8-19-23)16(24)20-15-7-9-22(21-15)10-12-2-4-13(18)5-3-12/h2-9,11H,10H2,1H3,(H,25,26)(H,20,21,24). The van der Waals surface area contributed by atoms with E-state index in [1.807, 2.05) is 0 Å². The summed E-state index contributed by atoms with van der Waals surface area (Å²) in [4.78, 5) is 23.5. The van der Waals surface area contributed by atoms with Crippen LogP contribution in [0.5, 0.6) is 0 Å². The lowest BCUT2D eigenvalue weighted by molar-refractivity contribution is -0.119. The van der Waals surface area contributed by atoms with Crippen molar-refractivity contribution in [2.75, 3.05) is 5.32 Å². The summed E-state index contributed by atoms with van der Waals surface area (Å²) >= 11 is 0. The van der Waals surface area contributed by atoms with Crippen LogP contribution in [-0.2, 0) is 11.3 Å². The number of carbonyl (C=O) groups excluding carboxylic acids is 1. The Morgan fingerprint density at radius 1 is 1.23 bits per heavy atom. The maximum Gasteiger partial charge on any atom is 0.354 e. The lowest BCUT2D eigenvalue weighted by Gasteiger charge is -2.13. The van der Waals surface area contributed by atoms with Crippen molar-refractivity contribution >= 4 is 17.7 Å². The van der Waals surface area contributed by atoms with Crippen LogP contribution in [-0.4, -0.2) is 36.5 Å². The number of anilines is 1. The van der Waals surface area contributed by atoms with Crippen molar-refractivity contribution in [3.8, 4) is 0 Å². The van der Waals surface area contributed by atoms with E-state index < -0.39 is 17.9 Å². The topological polar surface area (TPSA) is 102 Å². The first-order chi connectivity index (χ1) is 12.4. The van der Waals surface area contributed by atoms with Crippen molar-refractivity contribution < 1.29 is 19.1 Å². The quantitative estimate of drug-likeness (QED) is 0.704. The molecule has 0 radical (unpaired) electrons. The monoisotopic (exact) mass is 357 g/mol. The number of nitrogens with one attached hydrogen (secondary N) is 1. The predicted molar refractivity (Wildman–Crippen MR) is 90.3 cm³/mol. The fourth-order valence-electron chi connectivity index (χ4n) is 2.43. The van der Waals surface area contributed by atoms with Gasteiger partial charge < -0.3 is 10.4 Å². The van der Waals surface area contributed by atoms with Gasteiger partial charge in [-0.25, -0.2) is 13.9 Å². The molecule has 0 aliphatic carbocycles. The van der Waals surface area contributed by atoms with Crippen LogP contribution in [0.4, 0.5) is 10.2 Å². The molecule has 0 aliphatic rings. The van der Waals surface area contributed by atoms with Gasteiger partial charge in [0.1, 0.15) is 17.6 Å². The van der Waals surface area contributed by atoms with Crippen LogP contribution in [0.2, 0.25) is 0 Å². The third-order valence-electron chi connectivity index (χ3n) is 3.79. The van der Waals surface area contributed by atoms with E-state index in [9.17, 15) is 14.0 Å². The second-order valence-electron chi connectivity index (χ2n) is 5.66. The summed E-state index contributed by atoms with van der Waals surface area (Å²) < 4.78 is 15.7.